The van der Waals surface area contributed by atoms with Crippen molar-refractivity contribution in [1.29, 1.82) is 10.5 Å². The number of hydrogen-bond acceptors (Lipinski definition) is 4. The van der Waals surface area contributed by atoms with Crippen LogP contribution in [0.2, 0.25) is 0 Å². The first kappa shape index (κ1) is 11.6. The summed E-state index contributed by atoms with van der Waals surface area (Å²) in [5.41, 5.74) is 1.48. The highest BCUT2D eigenvalue weighted by Gasteiger charge is 2.30. The molecule has 86 valence electrons. The Balaban J connectivity index is 1.87. The van der Waals surface area contributed by atoms with E-state index in [1.165, 1.54) is 12.8 Å². The number of rotatable bonds is 5. The molecule has 0 bridgehead atoms. The van der Waals surface area contributed by atoms with Crippen LogP contribution in [0.3, 0.4) is 0 Å². The van der Waals surface area contributed by atoms with Crippen LogP contribution in [0.15, 0.2) is 18.3 Å². The minimum Gasteiger partial charge on any atom is -0.307 e. The average Bonchev–Trinajstić information content (AvgIpc) is 3.19. The van der Waals surface area contributed by atoms with Crippen LogP contribution in [0.25, 0.3) is 0 Å². The Labute approximate surface area is 101 Å². The van der Waals surface area contributed by atoms with Gasteiger partial charge in [0, 0.05) is 18.8 Å². The minimum absolute atomic E-state index is 0.289. The molecule has 1 atom stereocenters. The summed E-state index contributed by atoms with van der Waals surface area (Å²) in [6.45, 7) is 0.661. The van der Waals surface area contributed by atoms with Gasteiger partial charge >= 0.3 is 0 Å². The number of pyridine rings is 1. The lowest BCUT2D eigenvalue weighted by Crippen LogP contribution is -2.30. The van der Waals surface area contributed by atoms with Crippen LogP contribution in [-0.2, 0) is 6.54 Å². The maximum absolute atomic E-state index is 8.74. The van der Waals surface area contributed by atoms with Gasteiger partial charge in [0.05, 0.1) is 23.7 Å². The number of nitrogens with zero attached hydrogens (tertiary/aromatic N) is 3. The molecule has 1 aliphatic rings. The maximum atomic E-state index is 8.74. The van der Waals surface area contributed by atoms with Gasteiger partial charge in [0.1, 0.15) is 6.07 Å². The summed E-state index contributed by atoms with van der Waals surface area (Å²) in [7, 11) is 0. The molecule has 0 radical (unpaired) electrons. The monoisotopic (exact) mass is 226 g/mol. The number of aromatic nitrogens is 1. The molecule has 4 nitrogen and oxygen atoms in total. The lowest BCUT2D eigenvalue weighted by Gasteiger charge is -2.14. The third-order valence-corrected chi connectivity index (χ3v) is 3.00. The molecule has 1 aromatic heterocycles. The summed E-state index contributed by atoms with van der Waals surface area (Å²) in [6, 6.07) is 8.16. The van der Waals surface area contributed by atoms with Gasteiger partial charge < -0.3 is 5.32 Å². The van der Waals surface area contributed by atoms with E-state index >= 15 is 0 Å². The normalized spacial score (nSPS) is 15.9. The van der Waals surface area contributed by atoms with Crippen molar-refractivity contribution in [2.75, 3.05) is 0 Å². The van der Waals surface area contributed by atoms with Gasteiger partial charge in [0.2, 0.25) is 0 Å². The quantitative estimate of drug-likeness (QED) is 0.830. The van der Waals surface area contributed by atoms with E-state index in [-0.39, 0.29) is 6.04 Å². The first-order chi connectivity index (χ1) is 8.33. The van der Waals surface area contributed by atoms with Gasteiger partial charge in [-0.15, -0.1) is 0 Å². The molecule has 0 spiro atoms. The second-order valence-corrected chi connectivity index (χ2v) is 4.34. The molecule has 0 amide bonds. The van der Waals surface area contributed by atoms with E-state index in [4.69, 9.17) is 10.5 Å². The Hall–Kier alpha value is -1.91. The third-order valence-electron chi connectivity index (χ3n) is 3.00. The third kappa shape index (κ3) is 3.27. The lowest BCUT2D eigenvalue weighted by molar-refractivity contribution is 0.465. The van der Waals surface area contributed by atoms with E-state index < -0.39 is 0 Å². The van der Waals surface area contributed by atoms with Crippen molar-refractivity contribution in [2.24, 2.45) is 5.92 Å². The first-order valence-electron chi connectivity index (χ1n) is 5.79. The largest absolute Gasteiger partial charge is 0.307 e. The van der Waals surface area contributed by atoms with Gasteiger partial charge in [0.15, 0.2) is 0 Å². The summed E-state index contributed by atoms with van der Waals surface area (Å²) in [4.78, 5) is 4.19. The van der Waals surface area contributed by atoms with Gasteiger partial charge in [0.25, 0.3) is 0 Å². The molecule has 0 aliphatic heterocycles. The fraction of sp³-hybridized carbons (Fsp3) is 0.462. The van der Waals surface area contributed by atoms with Crippen LogP contribution in [0.5, 0.6) is 0 Å². The molecule has 1 unspecified atom stereocenters. The van der Waals surface area contributed by atoms with Crippen LogP contribution >= 0.6 is 0 Å². The van der Waals surface area contributed by atoms with E-state index in [0.717, 1.165) is 5.69 Å². The van der Waals surface area contributed by atoms with Crippen molar-refractivity contribution in [3.63, 3.8) is 0 Å². The van der Waals surface area contributed by atoms with Crippen LogP contribution in [0.1, 0.15) is 30.5 Å². The predicted molar refractivity (Wildman–Crippen MR) is 62.5 cm³/mol. The zero-order valence-corrected chi connectivity index (χ0v) is 9.56. The summed E-state index contributed by atoms with van der Waals surface area (Å²) in [5, 5.41) is 20.8. The Kier molecular flexibility index (Phi) is 3.69. The van der Waals surface area contributed by atoms with Crippen LogP contribution in [0, 0.1) is 28.6 Å². The van der Waals surface area contributed by atoms with Crippen molar-refractivity contribution >= 4 is 0 Å². The highest BCUT2D eigenvalue weighted by molar-refractivity contribution is 5.26. The molecule has 0 saturated heterocycles. The lowest BCUT2D eigenvalue weighted by atomic mass is 10.1. The molecule has 2 rings (SSSR count). The Morgan fingerprint density at radius 3 is 2.76 bits per heavy atom. The molecule has 4 heteroatoms. The molecular formula is C13H14N4. The first-order valence-corrected chi connectivity index (χ1v) is 5.79. The van der Waals surface area contributed by atoms with Crippen LogP contribution < -0.4 is 5.32 Å². The summed E-state index contributed by atoms with van der Waals surface area (Å²) in [5.74, 6) is 0.660. The van der Waals surface area contributed by atoms with Crippen LogP contribution in [-0.4, -0.2) is 11.0 Å². The molecule has 1 aliphatic carbocycles. The van der Waals surface area contributed by atoms with Gasteiger partial charge in [-0.2, -0.15) is 10.5 Å². The van der Waals surface area contributed by atoms with E-state index in [1.54, 1.807) is 12.3 Å². The predicted octanol–water partition coefficient (Wildman–Crippen LogP) is 1.74. The summed E-state index contributed by atoms with van der Waals surface area (Å²) in [6.07, 6.45) is 4.58. The van der Waals surface area contributed by atoms with Crippen LogP contribution in [0.4, 0.5) is 0 Å². The van der Waals surface area contributed by atoms with Crippen molar-refractivity contribution in [3.05, 3.63) is 29.6 Å². The fourth-order valence-electron chi connectivity index (χ4n) is 1.83. The van der Waals surface area contributed by atoms with E-state index in [9.17, 15) is 0 Å². The number of nitriles is 2. The topological polar surface area (TPSA) is 72.5 Å². The van der Waals surface area contributed by atoms with Crippen molar-refractivity contribution < 1.29 is 0 Å². The van der Waals surface area contributed by atoms with Gasteiger partial charge in [-0.1, -0.05) is 0 Å². The minimum atomic E-state index is 0.289. The summed E-state index contributed by atoms with van der Waals surface area (Å²) < 4.78 is 0. The number of nitrogens with one attached hydrogen (secondary N) is 1. The number of hydrogen-bond donors (Lipinski definition) is 1. The molecule has 0 aromatic carbocycles. The summed E-state index contributed by atoms with van der Waals surface area (Å²) >= 11 is 0. The molecule has 1 heterocycles. The zero-order chi connectivity index (χ0) is 12.1. The molecule has 1 saturated carbocycles. The van der Waals surface area contributed by atoms with Gasteiger partial charge in [-0.25, -0.2) is 0 Å². The van der Waals surface area contributed by atoms with E-state index in [1.807, 2.05) is 12.1 Å². The highest BCUT2D eigenvalue weighted by atomic mass is 14.9. The Bertz CT molecular complexity index is 448. The second-order valence-electron chi connectivity index (χ2n) is 4.34. The Morgan fingerprint density at radius 1 is 1.41 bits per heavy atom. The molecule has 17 heavy (non-hydrogen) atoms. The standard InChI is InChI=1S/C13H14N4/c14-6-5-13(11-2-3-11)17-9-12-4-1-10(7-15)8-16-12/h1,4,8,11,13,17H,2-3,5,9H2. The fourth-order valence-corrected chi connectivity index (χ4v) is 1.83. The molecule has 1 N–H and O–H groups in total. The van der Waals surface area contributed by atoms with Crippen molar-refractivity contribution in [2.45, 2.75) is 31.8 Å². The average molecular weight is 226 g/mol. The van der Waals surface area contributed by atoms with E-state index in [0.29, 0.717) is 24.4 Å². The highest BCUT2D eigenvalue weighted by Crippen LogP contribution is 2.33. The molecule has 1 aromatic rings. The second kappa shape index (κ2) is 5.43. The molecular weight excluding hydrogens is 212 g/mol. The van der Waals surface area contributed by atoms with Crippen molar-refractivity contribution in [1.82, 2.24) is 10.3 Å². The molecule has 1 fully saturated rings. The zero-order valence-electron chi connectivity index (χ0n) is 9.56. The SMILES string of the molecule is N#CCC(NCc1ccc(C#N)cn1)C1CC1. The Morgan fingerprint density at radius 2 is 2.24 bits per heavy atom. The van der Waals surface area contributed by atoms with Gasteiger partial charge in [-0.05, 0) is 30.9 Å². The van der Waals surface area contributed by atoms with Crippen molar-refractivity contribution in [3.8, 4) is 12.1 Å². The maximum Gasteiger partial charge on any atom is 0.101 e. The van der Waals surface area contributed by atoms with E-state index in [2.05, 4.69) is 16.4 Å². The smallest absolute Gasteiger partial charge is 0.101 e. The van der Waals surface area contributed by atoms with Gasteiger partial charge in [-0.3, -0.25) is 4.98 Å².